The number of hydrazine groups is 1. The van der Waals surface area contributed by atoms with Crippen molar-refractivity contribution in [3.8, 4) is 0 Å². The van der Waals surface area contributed by atoms with E-state index < -0.39 is 30.1 Å². The van der Waals surface area contributed by atoms with E-state index in [-0.39, 0.29) is 17.2 Å². The van der Waals surface area contributed by atoms with Gasteiger partial charge in [-0.2, -0.15) is 5.01 Å². The lowest BCUT2D eigenvalue weighted by atomic mass is 9.92. The number of amides is 1. The molecule has 2 fully saturated rings. The molecule has 0 aliphatic carbocycles. The van der Waals surface area contributed by atoms with Crippen LogP contribution in [0.4, 0.5) is 0 Å². The van der Waals surface area contributed by atoms with Crippen molar-refractivity contribution in [3.05, 3.63) is 83.1 Å². The number of esters is 2. The predicted molar refractivity (Wildman–Crippen MR) is 124 cm³/mol. The summed E-state index contributed by atoms with van der Waals surface area (Å²) in [4.78, 5) is 42.4. The maximum atomic E-state index is 14.1. The van der Waals surface area contributed by atoms with Gasteiger partial charge in [-0.1, -0.05) is 60.7 Å². The standard InChI is InChI=1S/C26H27N3O6/c1-33-25(31)19-20(17-9-5-3-6-10-17)28-21(18-11-7-4-8-12-18)23(27-13-15-35-16-14-27)24(30)29(28)22(19)26(32)34-2/h3-12,20-21,23H,13-16H2,1-2H3/t20-,21+,23+/m0/s1. The molecular weight excluding hydrogens is 450 g/mol. The van der Waals surface area contributed by atoms with Crippen LogP contribution in [0, 0.1) is 0 Å². The fraction of sp³-hybridized carbons (Fsp3) is 0.346. The lowest BCUT2D eigenvalue weighted by Crippen LogP contribution is -2.49. The van der Waals surface area contributed by atoms with E-state index in [1.54, 1.807) is 0 Å². The number of carbonyl (C=O) groups is 3. The molecule has 1 amide bonds. The Morgan fingerprint density at radius 1 is 0.829 bits per heavy atom. The minimum atomic E-state index is -0.767. The van der Waals surface area contributed by atoms with E-state index in [1.807, 2.05) is 65.7 Å². The van der Waals surface area contributed by atoms with Crippen LogP contribution in [0.3, 0.4) is 0 Å². The van der Waals surface area contributed by atoms with E-state index >= 15 is 0 Å². The number of morpholine rings is 1. The van der Waals surface area contributed by atoms with Gasteiger partial charge in [0, 0.05) is 13.1 Å². The molecule has 0 unspecified atom stereocenters. The van der Waals surface area contributed by atoms with E-state index in [4.69, 9.17) is 14.2 Å². The molecule has 0 radical (unpaired) electrons. The van der Waals surface area contributed by atoms with Gasteiger partial charge in [0.05, 0.1) is 45.1 Å². The summed E-state index contributed by atoms with van der Waals surface area (Å²) in [7, 11) is 2.50. The Morgan fingerprint density at radius 2 is 1.40 bits per heavy atom. The maximum Gasteiger partial charge on any atom is 0.356 e. The Balaban J connectivity index is 1.75. The van der Waals surface area contributed by atoms with Crippen LogP contribution < -0.4 is 0 Å². The van der Waals surface area contributed by atoms with E-state index in [2.05, 4.69) is 4.90 Å². The van der Waals surface area contributed by atoms with Crippen molar-refractivity contribution in [3.63, 3.8) is 0 Å². The minimum Gasteiger partial charge on any atom is -0.466 e. The number of hydrogen-bond acceptors (Lipinski definition) is 8. The van der Waals surface area contributed by atoms with Crippen molar-refractivity contribution in [1.82, 2.24) is 14.9 Å². The number of ether oxygens (including phenoxy) is 3. The van der Waals surface area contributed by atoms with E-state index in [0.717, 1.165) is 11.1 Å². The van der Waals surface area contributed by atoms with E-state index in [1.165, 1.54) is 19.2 Å². The van der Waals surface area contributed by atoms with Gasteiger partial charge in [-0.3, -0.25) is 9.69 Å². The highest BCUT2D eigenvalue weighted by atomic mass is 16.5. The summed E-state index contributed by atoms with van der Waals surface area (Å²) in [6.45, 7) is 2.19. The lowest BCUT2D eigenvalue weighted by Gasteiger charge is -2.37. The predicted octanol–water partition coefficient (Wildman–Crippen LogP) is 1.84. The molecule has 182 valence electrons. The van der Waals surface area contributed by atoms with Crippen molar-refractivity contribution in [1.29, 1.82) is 0 Å². The first-order valence-electron chi connectivity index (χ1n) is 11.5. The quantitative estimate of drug-likeness (QED) is 0.603. The van der Waals surface area contributed by atoms with Gasteiger partial charge in [0.1, 0.15) is 6.04 Å². The zero-order valence-electron chi connectivity index (χ0n) is 19.6. The Morgan fingerprint density at radius 3 is 1.97 bits per heavy atom. The molecule has 3 atom stereocenters. The number of methoxy groups -OCH3 is 2. The highest BCUT2D eigenvalue weighted by Crippen LogP contribution is 2.52. The zero-order valence-corrected chi connectivity index (χ0v) is 19.6. The van der Waals surface area contributed by atoms with Crippen molar-refractivity contribution in [2.45, 2.75) is 18.1 Å². The highest BCUT2D eigenvalue weighted by molar-refractivity contribution is 6.06. The van der Waals surface area contributed by atoms with Gasteiger partial charge in [0.25, 0.3) is 5.91 Å². The van der Waals surface area contributed by atoms with Gasteiger partial charge in [-0.05, 0) is 11.1 Å². The van der Waals surface area contributed by atoms with Crippen LogP contribution in [0.5, 0.6) is 0 Å². The highest BCUT2D eigenvalue weighted by Gasteiger charge is 2.61. The lowest BCUT2D eigenvalue weighted by molar-refractivity contribution is -0.147. The molecule has 0 aromatic heterocycles. The molecule has 2 aromatic rings. The number of nitrogens with zero attached hydrogens (tertiary/aromatic N) is 3. The normalized spacial score (nSPS) is 25.0. The first-order valence-corrected chi connectivity index (χ1v) is 11.5. The summed E-state index contributed by atoms with van der Waals surface area (Å²) >= 11 is 0. The van der Waals surface area contributed by atoms with Crippen LogP contribution in [-0.2, 0) is 28.6 Å². The summed E-state index contributed by atoms with van der Waals surface area (Å²) in [6, 6.07) is 17.3. The third-order valence-corrected chi connectivity index (χ3v) is 6.76. The largest absolute Gasteiger partial charge is 0.466 e. The molecule has 5 rings (SSSR count). The summed E-state index contributed by atoms with van der Waals surface area (Å²) in [5.41, 5.74) is 1.64. The summed E-state index contributed by atoms with van der Waals surface area (Å²) in [6.07, 6.45) is 0. The van der Waals surface area contributed by atoms with Crippen LogP contribution in [0.1, 0.15) is 23.2 Å². The monoisotopic (exact) mass is 477 g/mol. The molecular formula is C26H27N3O6. The van der Waals surface area contributed by atoms with Gasteiger partial charge in [-0.25, -0.2) is 14.6 Å². The van der Waals surface area contributed by atoms with Crippen molar-refractivity contribution in [2.75, 3.05) is 40.5 Å². The molecule has 9 nitrogen and oxygen atoms in total. The number of benzene rings is 2. The topological polar surface area (TPSA) is 88.6 Å². The van der Waals surface area contributed by atoms with Gasteiger partial charge in [-0.15, -0.1) is 0 Å². The van der Waals surface area contributed by atoms with Crippen LogP contribution in [0.2, 0.25) is 0 Å². The van der Waals surface area contributed by atoms with Crippen molar-refractivity contribution < 1.29 is 28.6 Å². The smallest absolute Gasteiger partial charge is 0.356 e. The second-order valence-electron chi connectivity index (χ2n) is 8.54. The van der Waals surface area contributed by atoms with Crippen LogP contribution in [0.15, 0.2) is 71.9 Å². The first kappa shape index (κ1) is 23.2. The van der Waals surface area contributed by atoms with Gasteiger partial charge in [0.15, 0.2) is 5.70 Å². The minimum absolute atomic E-state index is 0.0836. The van der Waals surface area contributed by atoms with Gasteiger partial charge in [0.2, 0.25) is 0 Å². The Labute approximate surface area is 203 Å². The molecule has 0 saturated carbocycles. The van der Waals surface area contributed by atoms with E-state index in [0.29, 0.717) is 26.3 Å². The molecule has 35 heavy (non-hydrogen) atoms. The zero-order chi connectivity index (χ0) is 24.5. The molecule has 3 aliphatic heterocycles. The summed E-state index contributed by atoms with van der Waals surface area (Å²) in [5, 5.41) is 3.18. The number of fused-ring (bicyclic) bond motifs is 1. The fourth-order valence-corrected chi connectivity index (χ4v) is 5.28. The molecule has 0 spiro atoms. The Bertz CT molecular complexity index is 1150. The second kappa shape index (κ2) is 9.61. The van der Waals surface area contributed by atoms with E-state index in [9.17, 15) is 14.4 Å². The van der Waals surface area contributed by atoms with Crippen molar-refractivity contribution >= 4 is 17.8 Å². The summed E-state index contributed by atoms with van der Waals surface area (Å²) < 4.78 is 15.7. The average Bonchev–Trinajstić information content (AvgIpc) is 3.41. The molecule has 3 heterocycles. The maximum absolute atomic E-state index is 14.1. The molecule has 2 saturated heterocycles. The average molecular weight is 478 g/mol. The number of carbonyl (C=O) groups excluding carboxylic acids is 3. The van der Waals surface area contributed by atoms with Crippen LogP contribution in [-0.4, -0.2) is 79.3 Å². The number of rotatable bonds is 5. The molecule has 3 aliphatic rings. The van der Waals surface area contributed by atoms with Crippen LogP contribution >= 0.6 is 0 Å². The third kappa shape index (κ3) is 3.81. The third-order valence-electron chi connectivity index (χ3n) is 6.76. The van der Waals surface area contributed by atoms with Crippen LogP contribution in [0.25, 0.3) is 0 Å². The molecule has 9 heteroatoms. The second-order valence-corrected chi connectivity index (χ2v) is 8.54. The SMILES string of the molecule is COC(=O)C1=C(C(=O)OC)N2C(=O)[C@H](N3CCOCC3)[C@@H](c3ccccc3)N2[C@H]1c1ccccc1. The summed E-state index contributed by atoms with van der Waals surface area (Å²) in [5.74, 6) is -1.74. The van der Waals surface area contributed by atoms with Gasteiger partial charge >= 0.3 is 11.9 Å². The molecule has 0 bridgehead atoms. The van der Waals surface area contributed by atoms with Crippen molar-refractivity contribution in [2.24, 2.45) is 0 Å². The molecule has 2 aromatic carbocycles. The first-order chi connectivity index (χ1) is 17.1. The Kier molecular flexibility index (Phi) is 6.38. The van der Waals surface area contributed by atoms with Gasteiger partial charge < -0.3 is 14.2 Å². The number of hydrogen-bond donors (Lipinski definition) is 0. The molecule has 0 N–H and O–H groups in total. The Hall–Kier alpha value is -3.53. The fourth-order valence-electron chi connectivity index (χ4n) is 5.28.